The van der Waals surface area contributed by atoms with Gasteiger partial charge in [0.2, 0.25) is 5.91 Å². The van der Waals surface area contributed by atoms with Crippen LogP contribution in [0.5, 0.6) is 0 Å². The summed E-state index contributed by atoms with van der Waals surface area (Å²) < 4.78 is 0. The van der Waals surface area contributed by atoms with Gasteiger partial charge in [-0.05, 0) is 55.8 Å². The maximum absolute atomic E-state index is 12.0. The molecule has 5 heteroatoms. The maximum atomic E-state index is 12.0. The molecule has 4 aliphatic carbocycles. The first kappa shape index (κ1) is 14.1. The zero-order chi connectivity index (χ0) is 14.8. The first-order chi connectivity index (χ1) is 9.93. The minimum atomic E-state index is -0.403. The number of amides is 1. The molecule has 1 heterocycles. The van der Waals surface area contributed by atoms with E-state index in [0.29, 0.717) is 29.7 Å². The molecule has 4 saturated carbocycles. The summed E-state index contributed by atoms with van der Waals surface area (Å²) in [5, 5.41) is 14.4. The molecule has 5 aliphatic rings. The van der Waals surface area contributed by atoms with Crippen molar-refractivity contribution in [2.24, 2.45) is 28.7 Å². The number of nitrogens with zero attached hydrogens (tertiary/aromatic N) is 1. The van der Waals surface area contributed by atoms with Crippen molar-refractivity contribution in [2.75, 3.05) is 0 Å². The summed E-state index contributed by atoms with van der Waals surface area (Å²) in [6.07, 6.45) is 5.25. The predicted octanol–water partition coefficient (Wildman–Crippen LogP) is 2.17. The van der Waals surface area contributed by atoms with Crippen LogP contribution in [0.4, 0.5) is 0 Å². The van der Waals surface area contributed by atoms with Gasteiger partial charge in [-0.1, -0.05) is 25.6 Å². The Hall–Kier alpha value is -0.550. The van der Waals surface area contributed by atoms with Gasteiger partial charge in [-0.2, -0.15) is 0 Å². The summed E-state index contributed by atoms with van der Waals surface area (Å²) in [6.45, 7) is 4.16. The second kappa shape index (κ2) is 4.72. The molecule has 4 bridgehead atoms. The third-order valence-electron chi connectivity index (χ3n) is 5.79. The maximum Gasteiger partial charge on any atom is 0.239 e. The Balaban J connectivity index is 1.53. The molecule has 1 saturated heterocycles. The van der Waals surface area contributed by atoms with Gasteiger partial charge in [0.1, 0.15) is 0 Å². The average molecular weight is 308 g/mol. The zero-order valence-corrected chi connectivity index (χ0v) is 13.5. The van der Waals surface area contributed by atoms with Crippen LogP contribution in [0, 0.1) is 23.7 Å². The Morgan fingerprint density at radius 1 is 1.29 bits per heavy atom. The minimum absolute atomic E-state index is 0.00441. The fourth-order valence-electron chi connectivity index (χ4n) is 5.18. The number of hydrogen-bond acceptors (Lipinski definition) is 4. The van der Waals surface area contributed by atoms with Crippen LogP contribution in [0.1, 0.15) is 46.0 Å². The SMILES string of the molecule is CC(C)C1SC(=NC2C3CC4CC2CC(O)(C4)C3)NC1=O. The Labute approximate surface area is 130 Å². The molecular weight excluding hydrogens is 284 g/mol. The Bertz CT molecular complexity index is 489. The van der Waals surface area contributed by atoms with Crippen LogP contribution in [-0.4, -0.2) is 33.1 Å². The van der Waals surface area contributed by atoms with Crippen LogP contribution in [0.15, 0.2) is 4.99 Å². The molecule has 5 fully saturated rings. The number of aliphatic imine (C=N–C) groups is 1. The Kier molecular flexibility index (Phi) is 3.16. The molecule has 21 heavy (non-hydrogen) atoms. The molecule has 2 N–H and O–H groups in total. The van der Waals surface area contributed by atoms with Gasteiger partial charge >= 0.3 is 0 Å². The molecule has 1 aliphatic heterocycles. The highest BCUT2D eigenvalue weighted by Crippen LogP contribution is 2.56. The van der Waals surface area contributed by atoms with Gasteiger partial charge in [0, 0.05) is 0 Å². The molecular formula is C16H24N2O2S. The van der Waals surface area contributed by atoms with Gasteiger partial charge in [0.25, 0.3) is 0 Å². The topological polar surface area (TPSA) is 61.7 Å². The Morgan fingerprint density at radius 3 is 2.48 bits per heavy atom. The molecule has 116 valence electrons. The molecule has 5 rings (SSSR count). The van der Waals surface area contributed by atoms with E-state index in [1.165, 1.54) is 12.8 Å². The molecule has 0 spiro atoms. The summed E-state index contributed by atoms with van der Waals surface area (Å²) in [5.74, 6) is 2.19. The molecule has 3 atom stereocenters. The number of aliphatic hydroxyl groups is 1. The largest absolute Gasteiger partial charge is 0.390 e. The first-order valence-corrected chi connectivity index (χ1v) is 9.09. The molecule has 0 aromatic rings. The normalized spacial score (nSPS) is 50.2. The second-order valence-corrected chi connectivity index (χ2v) is 9.02. The van der Waals surface area contributed by atoms with E-state index in [4.69, 9.17) is 4.99 Å². The third kappa shape index (κ3) is 2.33. The standard InChI is InChI=1S/C16H24N2O2S/c1-8(2)13-14(19)18-15(21-13)17-12-10-3-9-4-11(12)7-16(20,5-9)6-10/h8-13,20H,3-7H2,1-2H3,(H,17,18,19). The van der Waals surface area contributed by atoms with Crippen molar-refractivity contribution >= 4 is 22.8 Å². The smallest absolute Gasteiger partial charge is 0.239 e. The highest BCUT2D eigenvalue weighted by molar-refractivity contribution is 8.15. The minimum Gasteiger partial charge on any atom is -0.390 e. The summed E-state index contributed by atoms with van der Waals surface area (Å²) in [6, 6.07) is 0.315. The van der Waals surface area contributed by atoms with Crippen molar-refractivity contribution in [3.05, 3.63) is 0 Å². The number of nitrogens with one attached hydrogen (secondary N) is 1. The van der Waals surface area contributed by atoms with Crippen molar-refractivity contribution < 1.29 is 9.90 Å². The number of carbonyl (C=O) groups is 1. The summed E-state index contributed by atoms with van der Waals surface area (Å²) in [7, 11) is 0. The fraction of sp³-hybridized carbons (Fsp3) is 0.875. The molecule has 3 unspecified atom stereocenters. The quantitative estimate of drug-likeness (QED) is 0.822. The van der Waals surface area contributed by atoms with Crippen molar-refractivity contribution in [3.63, 3.8) is 0 Å². The lowest BCUT2D eigenvalue weighted by Gasteiger charge is -2.56. The van der Waals surface area contributed by atoms with E-state index in [0.717, 1.165) is 24.4 Å². The summed E-state index contributed by atoms with van der Waals surface area (Å²) in [4.78, 5) is 16.9. The van der Waals surface area contributed by atoms with E-state index in [2.05, 4.69) is 19.2 Å². The highest BCUT2D eigenvalue weighted by Gasteiger charge is 2.55. The first-order valence-electron chi connectivity index (χ1n) is 8.21. The average Bonchev–Trinajstić information content (AvgIpc) is 2.73. The molecule has 0 aromatic heterocycles. The number of hydrogen-bond donors (Lipinski definition) is 2. The van der Waals surface area contributed by atoms with Gasteiger partial charge in [0.05, 0.1) is 16.9 Å². The molecule has 4 nitrogen and oxygen atoms in total. The zero-order valence-electron chi connectivity index (χ0n) is 12.7. The van der Waals surface area contributed by atoms with E-state index in [1.807, 2.05) is 0 Å². The lowest BCUT2D eigenvalue weighted by atomic mass is 9.52. The molecule has 0 aromatic carbocycles. The lowest BCUT2D eigenvalue weighted by molar-refractivity contribution is -0.132. The van der Waals surface area contributed by atoms with Crippen molar-refractivity contribution in [3.8, 4) is 0 Å². The molecule has 0 radical (unpaired) electrons. The van der Waals surface area contributed by atoms with Crippen LogP contribution in [0.3, 0.4) is 0 Å². The van der Waals surface area contributed by atoms with Gasteiger partial charge < -0.3 is 10.4 Å². The number of amidine groups is 1. The van der Waals surface area contributed by atoms with E-state index in [9.17, 15) is 9.90 Å². The summed E-state index contributed by atoms with van der Waals surface area (Å²) >= 11 is 1.60. The lowest BCUT2D eigenvalue weighted by Crippen LogP contribution is -2.56. The van der Waals surface area contributed by atoms with Crippen molar-refractivity contribution in [1.82, 2.24) is 5.32 Å². The van der Waals surface area contributed by atoms with E-state index >= 15 is 0 Å². The van der Waals surface area contributed by atoms with Crippen molar-refractivity contribution in [2.45, 2.75) is 62.8 Å². The van der Waals surface area contributed by atoms with Gasteiger partial charge in [-0.25, -0.2) is 0 Å². The summed E-state index contributed by atoms with van der Waals surface area (Å²) in [5.41, 5.74) is -0.403. The number of carbonyl (C=O) groups excluding carboxylic acids is 1. The highest BCUT2D eigenvalue weighted by atomic mass is 32.2. The predicted molar refractivity (Wildman–Crippen MR) is 84.1 cm³/mol. The number of thioether (sulfide) groups is 1. The second-order valence-electron chi connectivity index (χ2n) is 7.89. The van der Waals surface area contributed by atoms with E-state index in [-0.39, 0.29) is 11.2 Å². The van der Waals surface area contributed by atoms with Gasteiger partial charge in [-0.3, -0.25) is 9.79 Å². The van der Waals surface area contributed by atoms with Gasteiger partial charge in [0.15, 0.2) is 5.17 Å². The third-order valence-corrected chi connectivity index (χ3v) is 7.23. The van der Waals surface area contributed by atoms with Crippen LogP contribution < -0.4 is 5.32 Å². The van der Waals surface area contributed by atoms with Crippen LogP contribution in [-0.2, 0) is 4.79 Å². The van der Waals surface area contributed by atoms with Crippen LogP contribution in [0.25, 0.3) is 0 Å². The van der Waals surface area contributed by atoms with Gasteiger partial charge in [-0.15, -0.1) is 0 Å². The number of rotatable bonds is 2. The van der Waals surface area contributed by atoms with Crippen molar-refractivity contribution in [1.29, 1.82) is 0 Å². The van der Waals surface area contributed by atoms with E-state index in [1.54, 1.807) is 11.8 Å². The van der Waals surface area contributed by atoms with Crippen LogP contribution >= 0.6 is 11.8 Å². The monoisotopic (exact) mass is 308 g/mol. The van der Waals surface area contributed by atoms with E-state index < -0.39 is 5.60 Å². The van der Waals surface area contributed by atoms with Crippen LogP contribution in [0.2, 0.25) is 0 Å². The molecule has 1 amide bonds. The fourth-order valence-corrected chi connectivity index (χ4v) is 6.20. The Morgan fingerprint density at radius 2 is 1.95 bits per heavy atom.